The van der Waals surface area contributed by atoms with E-state index in [0.717, 1.165) is 51.3 Å². The van der Waals surface area contributed by atoms with E-state index in [2.05, 4.69) is 35.4 Å². The molecule has 2 heterocycles. The van der Waals surface area contributed by atoms with Crippen LogP contribution in [0.1, 0.15) is 32.3 Å². The Morgan fingerprint density at radius 2 is 1.92 bits per heavy atom. The van der Waals surface area contributed by atoms with Crippen LogP contribution >= 0.6 is 24.8 Å². The third-order valence-electron chi connectivity index (χ3n) is 4.83. The second kappa shape index (κ2) is 11.1. The maximum atomic E-state index is 12.5. The first-order valence-electron chi connectivity index (χ1n) is 9.09. The number of anilines is 1. The summed E-state index contributed by atoms with van der Waals surface area (Å²) in [6, 6.07) is 8.15. The Balaban J connectivity index is 0.00000169. The summed E-state index contributed by atoms with van der Waals surface area (Å²) in [4.78, 5) is 14.9. The molecule has 0 aromatic heterocycles. The van der Waals surface area contributed by atoms with E-state index in [0.29, 0.717) is 0 Å². The average molecular weight is 404 g/mol. The predicted molar refractivity (Wildman–Crippen MR) is 110 cm³/mol. The Morgan fingerprint density at radius 1 is 1.23 bits per heavy atom. The number of hydrogen-bond donors (Lipinski definition) is 2. The van der Waals surface area contributed by atoms with E-state index in [4.69, 9.17) is 4.74 Å². The van der Waals surface area contributed by atoms with Crippen molar-refractivity contribution in [2.24, 2.45) is 5.92 Å². The summed E-state index contributed by atoms with van der Waals surface area (Å²) in [5, 5.41) is 6.46. The molecule has 1 amide bonds. The van der Waals surface area contributed by atoms with Crippen LogP contribution in [0.3, 0.4) is 0 Å². The Morgan fingerprint density at radius 3 is 2.58 bits per heavy atom. The van der Waals surface area contributed by atoms with Crippen molar-refractivity contribution in [3.8, 4) is 0 Å². The molecule has 3 rings (SSSR count). The first kappa shape index (κ1) is 23.2. The van der Waals surface area contributed by atoms with Gasteiger partial charge in [-0.3, -0.25) is 9.69 Å². The van der Waals surface area contributed by atoms with Gasteiger partial charge in [0, 0.05) is 31.9 Å². The molecular weight excluding hydrogens is 373 g/mol. The van der Waals surface area contributed by atoms with E-state index in [1.807, 2.05) is 18.2 Å². The van der Waals surface area contributed by atoms with E-state index in [1.165, 1.54) is 5.56 Å². The van der Waals surface area contributed by atoms with Gasteiger partial charge < -0.3 is 15.4 Å². The SMILES string of the molecule is CC1CN(Cc2ccccc2NC(=O)C2CCCNC2)CC(C)O1.Cl.Cl. The monoisotopic (exact) mass is 403 g/mol. The minimum absolute atomic E-state index is 0. The number of piperidine rings is 1. The number of hydrogen-bond acceptors (Lipinski definition) is 4. The topological polar surface area (TPSA) is 53.6 Å². The van der Waals surface area contributed by atoms with Crippen molar-refractivity contribution >= 4 is 36.4 Å². The van der Waals surface area contributed by atoms with E-state index in [1.54, 1.807) is 0 Å². The standard InChI is InChI=1S/C19H29N3O2.2ClH/c1-14-11-22(12-15(2)24-14)13-17-6-3-4-8-18(17)21-19(23)16-7-5-9-20-10-16;;/h3-4,6,8,14-16,20H,5,7,9-13H2,1-2H3,(H,21,23);2*1H. The summed E-state index contributed by atoms with van der Waals surface area (Å²) in [6.07, 6.45) is 2.55. The van der Waals surface area contributed by atoms with E-state index < -0.39 is 0 Å². The number of carbonyl (C=O) groups excluding carboxylic acids is 1. The van der Waals surface area contributed by atoms with Gasteiger partial charge in [0.25, 0.3) is 0 Å². The Labute approximate surface area is 169 Å². The van der Waals surface area contributed by atoms with Gasteiger partial charge in [0.05, 0.1) is 18.1 Å². The normalized spacial score (nSPS) is 26.3. The maximum absolute atomic E-state index is 12.5. The molecule has 3 unspecified atom stereocenters. The third kappa shape index (κ3) is 6.39. The second-order valence-electron chi connectivity index (χ2n) is 7.14. The van der Waals surface area contributed by atoms with E-state index >= 15 is 0 Å². The molecular formula is C19H31Cl2N3O2. The number of nitrogens with one attached hydrogen (secondary N) is 2. The molecule has 2 aliphatic heterocycles. The lowest BCUT2D eigenvalue weighted by Crippen LogP contribution is -2.45. The Hall–Kier alpha value is -0.850. The summed E-state index contributed by atoms with van der Waals surface area (Å²) in [5.74, 6) is 0.216. The van der Waals surface area contributed by atoms with Gasteiger partial charge in [-0.1, -0.05) is 18.2 Å². The molecule has 0 aliphatic carbocycles. The molecule has 1 aromatic rings. The van der Waals surface area contributed by atoms with Gasteiger partial charge in [-0.15, -0.1) is 24.8 Å². The molecule has 2 aliphatic rings. The molecule has 26 heavy (non-hydrogen) atoms. The zero-order valence-corrected chi connectivity index (χ0v) is 17.2. The van der Waals surface area contributed by atoms with Crippen LogP contribution in [-0.4, -0.2) is 49.2 Å². The summed E-state index contributed by atoms with van der Waals surface area (Å²) in [7, 11) is 0. The van der Waals surface area contributed by atoms with Crippen molar-refractivity contribution in [2.45, 2.75) is 45.4 Å². The van der Waals surface area contributed by atoms with Crippen LogP contribution in [-0.2, 0) is 16.1 Å². The predicted octanol–water partition coefficient (Wildman–Crippen LogP) is 3.08. The number of ether oxygens (including phenoxy) is 1. The molecule has 0 spiro atoms. The molecule has 5 nitrogen and oxygen atoms in total. The fourth-order valence-electron chi connectivity index (χ4n) is 3.74. The molecule has 0 saturated carbocycles. The number of morpholine rings is 1. The Bertz CT molecular complexity index is 557. The van der Waals surface area contributed by atoms with Crippen LogP contribution < -0.4 is 10.6 Å². The van der Waals surface area contributed by atoms with Crippen molar-refractivity contribution in [3.63, 3.8) is 0 Å². The Kier molecular flexibility index (Phi) is 9.90. The van der Waals surface area contributed by atoms with Crippen LogP contribution in [0.25, 0.3) is 0 Å². The summed E-state index contributed by atoms with van der Waals surface area (Å²) < 4.78 is 5.81. The van der Waals surface area contributed by atoms with Crippen LogP contribution in [0, 0.1) is 5.92 Å². The molecule has 2 fully saturated rings. The lowest BCUT2D eigenvalue weighted by Gasteiger charge is -2.35. The van der Waals surface area contributed by atoms with Crippen molar-refractivity contribution in [1.82, 2.24) is 10.2 Å². The average Bonchev–Trinajstić information content (AvgIpc) is 2.56. The van der Waals surface area contributed by atoms with Crippen LogP contribution in [0.2, 0.25) is 0 Å². The molecule has 0 radical (unpaired) electrons. The fraction of sp³-hybridized carbons (Fsp3) is 0.632. The molecule has 7 heteroatoms. The first-order chi connectivity index (χ1) is 11.6. The molecule has 2 saturated heterocycles. The summed E-state index contributed by atoms with van der Waals surface area (Å²) >= 11 is 0. The number of benzene rings is 1. The fourth-order valence-corrected chi connectivity index (χ4v) is 3.74. The summed E-state index contributed by atoms with van der Waals surface area (Å²) in [6.45, 7) is 8.74. The lowest BCUT2D eigenvalue weighted by molar-refractivity contribution is -0.120. The van der Waals surface area contributed by atoms with Crippen LogP contribution in [0.4, 0.5) is 5.69 Å². The zero-order valence-electron chi connectivity index (χ0n) is 15.6. The quantitative estimate of drug-likeness (QED) is 0.810. The third-order valence-corrected chi connectivity index (χ3v) is 4.83. The van der Waals surface area contributed by atoms with Gasteiger partial charge in [-0.05, 0) is 44.9 Å². The lowest BCUT2D eigenvalue weighted by atomic mass is 9.98. The number of carbonyl (C=O) groups is 1. The number of amides is 1. The van der Waals surface area contributed by atoms with E-state index in [9.17, 15) is 4.79 Å². The van der Waals surface area contributed by atoms with Gasteiger partial charge in [0.15, 0.2) is 0 Å². The van der Waals surface area contributed by atoms with Gasteiger partial charge >= 0.3 is 0 Å². The molecule has 2 N–H and O–H groups in total. The van der Waals surface area contributed by atoms with Gasteiger partial charge in [-0.25, -0.2) is 0 Å². The number of rotatable bonds is 4. The second-order valence-corrected chi connectivity index (χ2v) is 7.14. The van der Waals surface area contributed by atoms with Crippen LogP contribution in [0.5, 0.6) is 0 Å². The van der Waals surface area contributed by atoms with E-state index in [-0.39, 0.29) is 48.8 Å². The van der Waals surface area contributed by atoms with Gasteiger partial charge in [-0.2, -0.15) is 0 Å². The summed E-state index contributed by atoms with van der Waals surface area (Å²) in [5.41, 5.74) is 2.12. The van der Waals surface area contributed by atoms with Crippen LogP contribution in [0.15, 0.2) is 24.3 Å². The molecule has 3 atom stereocenters. The maximum Gasteiger partial charge on any atom is 0.228 e. The van der Waals surface area contributed by atoms with Crippen molar-refractivity contribution < 1.29 is 9.53 Å². The number of halogens is 2. The molecule has 148 valence electrons. The molecule has 1 aromatic carbocycles. The van der Waals surface area contributed by atoms with Gasteiger partial charge in [0.2, 0.25) is 5.91 Å². The highest BCUT2D eigenvalue weighted by Crippen LogP contribution is 2.22. The first-order valence-corrected chi connectivity index (χ1v) is 9.09. The molecule has 0 bridgehead atoms. The highest BCUT2D eigenvalue weighted by atomic mass is 35.5. The van der Waals surface area contributed by atoms with Crippen molar-refractivity contribution in [1.29, 1.82) is 0 Å². The zero-order chi connectivity index (χ0) is 16.9. The number of nitrogens with zero attached hydrogens (tertiary/aromatic N) is 1. The largest absolute Gasteiger partial charge is 0.373 e. The highest BCUT2D eigenvalue weighted by Gasteiger charge is 2.24. The minimum Gasteiger partial charge on any atom is -0.373 e. The highest BCUT2D eigenvalue weighted by molar-refractivity contribution is 5.93. The minimum atomic E-state index is 0. The van der Waals surface area contributed by atoms with Crippen molar-refractivity contribution in [3.05, 3.63) is 29.8 Å². The van der Waals surface area contributed by atoms with Gasteiger partial charge in [0.1, 0.15) is 0 Å². The van der Waals surface area contributed by atoms with Crippen molar-refractivity contribution in [2.75, 3.05) is 31.5 Å². The smallest absolute Gasteiger partial charge is 0.228 e. The number of para-hydroxylation sites is 1.